The molecule has 6 heteroatoms. The average molecular weight is 402 g/mol. The van der Waals surface area contributed by atoms with Crippen molar-refractivity contribution in [1.29, 1.82) is 0 Å². The van der Waals surface area contributed by atoms with Crippen LogP contribution in [0.25, 0.3) is 0 Å². The van der Waals surface area contributed by atoms with Crippen molar-refractivity contribution >= 4 is 6.09 Å². The molecule has 0 spiro atoms. The minimum Gasteiger partial charge on any atom is -0.491 e. The van der Waals surface area contributed by atoms with Crippen LogP contribution in [-0.4, -0.2) is 31.5 Å². The molecule has 1 N–H and O–H groups in total. The van der Waals surface area contributed by atoms with Gasteiger partial charge in [-0.1, -0.05) is 13.3 Å². The van der Waals surface area contributed by atoms with Crippen molar-refractivity contribution in [3.8, 4) is 23.0 Å². The summed E-state index contributed by atoms with van der Waals surface area (Å²) in [5.41, 5.74) is 0. The number of unbranched alkanes of at least 4 members (excludes halogenated alkanes) is 1. The summed E-state index contributed by atoms with van der Waals surface area (Å²) in [6.45, 7) is 8.68. The summed E-state index contributed by atoms with van der Waals surface area (Å²) in [5, 5.41) is 2.75. The first-order valence-corrected chi connectivity index (χ1v) is 10.1. The number of ether oxygens (including phenoxy) is 4. The van der Waals surface area contributed by atoms with Gasteiger partial charge in [0.1, 0.15) is 29.6 Å². The molecule has 29 heavy (non-hydrogen) atoms. The minimum absolute atomic E-state index is 0.138. The number of rotatable bonds is 11. The first-order chi connectivity index (χ1) is 14.0. The third-order valence-electron chi connectivity index (χ3n) is 3.85. The predicted molar refractivity (Wildman–Crippen MR) is 113 cm³/mol. The van der Waals surface area contributed by atoms with Gasteiger partial charge in [-0.05, 0) is 75.7 Å². The van der Waals surface area contributed by atoms with Crippen LogP contribution in [0.5, 0.6) is 23.0 Å². The highest BCUT2D eigenvalue weighted by atomic mass is 16.5. The number of hydrogen-bond acceptors (Lipinski definition) is 5. The van der Waals surface area contributed by atoms with E-state index in [4.69, 9.17) is 18.9 Å². The summed E-state index contributed by atoms with van der Waals surface area (Å²) in [6, 6.07) is 14.7. The Balaban J connectivity index is 1.76. The normalized spacial score (nSPS) is 11.6. The Morgan fingerprint density at radius 3 is 2.00 bits per heavy atom. The molecule has 6 nitrogen and oxygen atoms in total. The number of carbonyl (C=O) groups excluding carboxylic acids is 1. The fourth-order valence-electron chi connectivity index (χ4n) is 2.41. The predicted octanol–water partition coefficient (Wildman–Crippen LogP) is 5.56. The molecule has 2 rings (SSSR count). The van der Waals surface area contributed by atoms with E-state index in [1.807, 2.05) is 76.2 Å². The molecule has 2 aromatic carbocycles. The number of alkyl carbamates (subject to hydrolysis) is 1. The smallest absolute Gasteiger partial charge is 0.407 e. The van der Waals surface area contributed by atoms with Gasteiger partial charge in [-0.3, -0.25) is 0 Å². The molecule has 0 saturated carbocycles. The summed E-state index contributed by atoms with van der Waals surface area (Å²) in [7, 11) is 0. The van der Waals surface area contributed by atoms with Crippen LogP contribution in [0, 0.1) is 0 Å². The first-order valence-electron chi connectivity index (χ1n) is 10.1. The monoisotopic (exact) mass is 401 g/mol. The standard InChI is InChI=1S/C23H31NO5/c1-5-6-15-26-23(25)24-18(4)16-27-19-7-9-21(10-8-19)29-22-13-11-20(12-14-22)28-17(2)3/h7-14,17-18H,5-6,15-16H2,1-4H3,(H,24,25). The zero-order chi connectivity index (χ0) is 21.1. The quantitative estimate of drug-likeness (QED) is 0.499. The van der Waals surface area contributed by atoms with E-state index in [-0.39, 0.29) is 12.1 Å². The van der Waals surface area contributed by atoms with Crippen molar-refractivity contribution in [3.05, 3.63) is 48.5 Å². The van der Waals surface area contributed by atoms with Crippen LogP contribution < -0.4 is 19.5 Å². The molecule has 0 fully saturated rings. The van der Waals surface area contributed by atoms with Gasteiger partial charge in [0, 0.05) is 0 Å². The number of hydrogen-bond donors (Lipinski definition) is 1. The van der Waals surface area contributed by atoms with Gasteiger partial charge in [-0.15, -0.1) is 0 Å². The maximum absolute atomic E-state index is 11.6. The van der Waals surface area contributed by atoms with Gasteiger partial charge in [-0.25, -0.2) is 4.79 Å². The summed E-state index contributed by atoms with van der Waals surface area (Å²) < 4.78 is 22.2. The van der Waals surface area contributed by atoms with E-state index >= 15 is 0 Å². The third kappa shape index (κ3) is 8.77. The average Bonchev–Trinajstić information content (AvgIpc) is 2.69. The lowest BCUT2D eigenvalue weighted by atomic mass is 10.3. The number of amides is 1. The summed E-state index contributed by atoms with van der Waals surface area (Å²) in [4.78, 5) is 11.6. The van der Waals surface area contributed by atoms with Crippen molar-refractivity contribution < 1.29 is 23.7 Å². The van der Waals surface area contributed by atoms with E-state index in [0.717, 1.165) is 24.3 Å². The summed E-state index contributed by atoms with van der Waals surface area (Å²) in [5.74, 6) is 2.95. The van der Waals surface area contributed by atoms with E-state index in [9.17, 15) is 4.79 Å². The second-order valence-electron chi connectivity index (χ2n) is 7.06. The molecule has 0 aliphatic rings. The maximum Gasteiger partial charge on any atom is 0.407 e. The zero-order valence-electron chi connectivity index (χ0n) is 17.6. The highest BCUT2D eigenvalue weighted by Crippen LogP contribution is 2.26. The second kappa shape index (κ2) is 11.8. The van der Waals surface area contributed by atoms with E-state index in [1.165, 1.54) is 0 Å². The van der Waals surface area contributed by atoms with Crippen LogP contribution in [-0.2, 0) is 4.74 Å². The molecule has 0 bridgehead atoms. The fourth-order valence-corrected chi connectivity index (χ4v) is 2.41. The summed E-state index contributed by atoms with van der Waals surface area (Å²) >= 11 is 0. The molecule has 2 aromatic rings. The number of nitrogens with one attached hydrogen (secondary N) is 1. The van der Waals surface area contributed by atoms with Gasteiger partial charge in [0.15, 0.2) is 0 Å². The molecule has 0 heterocycles. The van der Waals surface area contributed by atoms with Gasteiger partial charge in [-0.2, -0.15) is 0 Å². The lowest BCUT2D eigenvalue weighted by Gasteiger charge is -2.15. The number of carbonyl (C=O) groups is 1. The molecular formula is C23H31NO5. The molecule has 0 aliphatic carbocycles. The van der Waals surface area contributed by atoms with E-state index in [2.05, 4.69) is 5.32 Å². The Morgan fingerprint density at radius 1 is 0.897 bits per heavy atom. The Kier molecular flexibility index (Phi) is 9.15. The van der Waals surface area contributed by atoms with Crippen LogP contribution in [0.3, 0.4) is 0 Å². The highest BCUT2D eigenvalue weighted by Gasteiger charge is 2.09. The van der Waals surface area contributed by atoms with Gasteiger partial charge >= 0.3 is 6.09 Å². The van der Waals surface area contributed by atoms with Crippen LogP contribution >= 0.6 is 0 Å². The van der Waals surface area contributed by atoms with Gasteiger partial charge in [0.05, 0.1) is 18.8 Å². The van der Waals surface area contributed by atoms with Gasteiger partial charge in [0.2, 0.25) is 0 Å². The van der Waals surface area contributed by atoms with Crippen molar-refractivity contribution in [1.82, 2.24) is 5.32 Å². The van der Waals surface area contributed by atoms with E-state index in [1.54, 1.807) is 0 Å². The van der Waals surface area contributed by atoms with Crippen LogP contribution in [0.1, 0.15) is 40.5 Å². The van der Waals surface area contributed by atoms with Crippen molar-refractivity contribution in [3.63, 3.8) is 0 Å². The summed E-state index contributed by atoms with van der Waals surface area (Å²) in [6.07, 6.45) is 1.58. The topological polar surface area (TPSA) is 66.0 Å². The van der Waals surface area contributed by atoms with Crippen molar-refractivity contribution in [2.75, 3.05) is 13.2 Å². The fraction of sp³-hybridized carbons (Fsp3) is 0.435. The highest BCUT2D eigenvalue weighted by molar-refractivity contribution is 5.67. The van der Waals surface area contributed by atoms with Crippen LogP contribution in [0.15, 0.2) is 48.5 Å². The minimum atomic E-state index is -0.414. The van der Waals surface area contributed by atoms with Crippen LogP contribution in [0.4, 0.5) is 4.79 Å². The molecular weight excluding hydrogens is 370 g/mol. The van der Waals surface area contributed by atoms with Gasteiger partial charge in [0.25, 0.3) is 0 Å². The molecule has 0 radical (unpaired) electrons. The lowest BCUT2D eigenvalue weighted by Crippen LogP contribution is -2.37. The molecule has 158 valence electrons. The molecule has 0 aromatic heterocycles. The molecule has 0 aliphatic heterocycles. The van der Waals surface area contributed by atoms with E-state index in [0.29, 0.717) is 24.7 Å². The molecule has 1 amide bonds. The Bertz CT molecular complexity index is 728. The van der Waals surface area contributed by atoms with E-state index < -0.39 is 6.09 Å². The molecule has 1 unspecified atom stereocenters. The molecule has 0 saturated heterocycles. The van der Waals surface area contributed by atoms with Crippen LogP contribution in [0.2, 0.25) is 0 Å². The van der Waals surface area contributed by atoms with Crippen molar-refractivity contribution in [2.24, 2.45) is 0 Å². The Hall–Kier alpha value is -2.89. The maximum atomic E-state index is 11.6. The zero-order valence-corrected chi connectivity index (χ0v) is 17.6. The van der Waals surface area contributed by atoms with Crippen molar-refractivity contribution in [2.45, 2.75) is 52.7 Å². The third-order valence-corrected chi connectivity index (χ3v) is 3.85. The Morgan fingerprint density at radius 2 is 1.45 bits per heavy atom. The van der Waals surface area contributed by atoms with Gasteiger partial charge < -0.3 is 24.3 Å². The SMILES string of the molecule is CCCCOC(=O)NC(C)COc1ccc(Oc2ccc(OC(C)C)cc2)cc1. The lowest BCUT2D eigenvalue weighted by molar-refractivity contribution is 0.137. The molecule has 1 atom stereocenters. The largest absolute Gasteiger partial charge is 0.491 e. The Labute approximate surface area is 173 Å². The first kappa shape index (κ1) is 22.4. The number of benzene rings is 2. The second-order valence-corrected chi connectivity index (χ2v) is 7.06.